The van der Waals surface area contributed by atoms with Gasteiger partial charge in [0.1, 0.15) is 11.5 Å². The molecule has 0 saturated carbocycles. The van der Waals surface area contributed by atoms with Crippen molar-refractivity contribution in [2.45, 2.75) is 53.1 Å². The van der Waals surface area contributed by atoms with Crippen molar-refractivity contribution < 1.29 is 14.3 Å². The molecule has 7 nitrogen and oxygen atoms in total. The third-order valence-electron chi connectivity index (χ3n) is 6.62. The van der Waals surface area contributed by atoms with E-state index in [9.17, 15) is 4.79 Å². The quantitative estimate of drug-likeness (QED) is 0.439. The molecule has 1 unspecified atom stereocenters. The molecule has 1 atom stereocenters. The molecule has 2 heterocycles. The first-order valence-corrected chi connectivity index (χ1v) is 13.0. The molecule has 4 rings (SSSR count). The molecule has 0 spiro atoms. The largest absolute Gasteiger partial charge is 0.494 e. The van der Waals surface area contributed by atoms with Crippen LogP contribution in [-0.4, -0.2) is 59.9 Å². The Labute approximate surface area is 220 Å². The van der Waals surface area contributed by atoms with Gasteiger partial charge in [-0.05, 0) is 74.2 Å². The van der Waals surface area contributed by atoms with E-state index in [-0.39, 0.29) is 11.3 Å². The van der Waals surface area contributed by atoms with E-state index in [0.29, 0.717) is 32.8 Å². The summed E-state index contributed by atoms with van der Waals surface area (Å²) in [5.74, 6) is 2.45. The lowest BCUT2D eigenvalue weighted by Crippen LogP contribution is -2.52. The highest BCUT2D eigenvalue weighted by atomic mass is 16.5. The van der Waals surface area contributed by atoms with Crippen LogP contribution in [0, 0.1) is 6.92 Å². The Balaban J connectivity index is 1.34. The molecule has 1 aliphatic rings. The fourth-order valence-corrected chi connectivity index (χ4v) is 4.52. The highest BCUT2D eigenvalue weighted by molar-refractivity contribution is 5.81. The van der Waals surface area contributed by atoms with Crippen LogP contribution < -0.4 is 14.4 Å². The van der Waals surface area contributed by atoms with Gasteiger partial charge < -0.3 is 19.3 Å². The minimum Gasteiger partial charge on any atom is -0.494 e. The molecule has 3 aromatic rings. The average molecular weight is 503 g/mol. The summed E-state index contributed by atoms with van der Waals surface area (Å²) in [5, 5.41) is 8.88. The number of piperazine rings is 1. The summed E-state index contributed by atoms with van der Waals surface area (Å²) in [6.07, 6.45) is -0.552. The molecule has 0 N–H and O–H groups in total. The van der Waals surface area contributed by atoms with Gasteiger partial charge in [0, 0.05) is 31.7 Å². The number of ether oxygens (including phenoxy) is 2. The van der Waals surface area contributed by atoms with E-state index in [0.717, 1.165) is 34.1 Å². The van der Waals surface area contributed by atoms with E-state index in [4.69, 9.17) is 9.47 Å². The summed E-state index contributed by atoms with van der Waals surface area (Å²) in [5.41, 5.74) is 4.04. The van der Waals surface area contributed by atoms with Crippen LogP contribution in [0.1, 0.15) is 45.7 Å². The molecule has 0 radical (unpaired) electrons. The van der Waals surface area contributed by atoms with Gasteiger partial charge in [-0.2, -0.15) is 0 Å². The van der Waals surface area contributed by atoms with Crippen LogP contribution in [0.15, 0.2) is 54.6 Å². The molecule has 1 fully saturated rings. The van der Waals surface area contributed by atoms with Gasteiger partial charge in [-0.1, -0.05) is 38.5 Å². The Kier molecular flexibility index (Phi) is 8.00. The number of nitrogens with zero attached hydrogens (tertiary/aromatic N) is 4. The third kappa shape index (κ3) is 6.40. The zero-order valence-electron chi connectivity index (χ0n) is 22.8. The number of benzene rings is 2. The van der Waals surface area contributed by atoms with Gasteiger partial charge in [0.15, 0.2) is 11.9 Å². The topological polar surface area (TPSA) is 67.8 Å². The number of aromatic nitrogens is 2. The number of aryl methyl sites for hydroxylation is 1. The first-order valence-electron chi connectivity index (χ1n) is 13.0. The number of hydrogen-bond acceptors (Lipinski definition) is 6. The van der Waals surface area contributed by atoms with Crippen LogP contribution >= 0.6 is 0 Å². The fourth-order valence-electron chi connectivity index (χ4n) is 4.52. The highest BCUT2D eigenvalue weighted by Gasteiger charge is 2.28. The van der Waals surface area contributed by atoms with E-state index in [1.165, 1.54) is 5.56 Å². The number of carbonyl (C=O) groups is 1. The summed E-state index contributed by atoms with van der Waals surface area (Å²) >= 11 is 0. The summed E-state index contributed by atoms with van der Waals surface area (Å²) in [6, 6.07) is 18.0. The zero-order valence-corrected chi connectivity index (χ0v) is 22.8. The monoisotopic (exact) mass is 502 g/mol. The Hall–Kier alpha value is -3.61. The molecule has 196 valence electrons. The van der Waals surface area contributed by atoms with Gasteiger partial charge in [-0.25, -0.2) is 0 Å². The van der Waals surface area contributed by atoms with Crippen LogP contribution in [0.25, 0.3) is 11.3 Å². The summed E-state index contributed by atoms with van der Waals surface area (Å²) < 4.78 is 11.7. The van der Waals surface area contributed by atoms with E-state index >= 15 is 0 Å². The van der Waals surface area contributed by atoms with Crippen molar-refractivity contribution in [3.63, 3.8) is 0 Å². The lowest BCUT2D eigenvalue weighted by atomic mass is 9.85. The number of rotatable bonds is 7. The maximum atomic E-state index is 13.2. The second-order valence-electron chi connectivity index (χ2n) is 10.6. The zero-order chi connectivity index (χ0) is 26.6. The Bertz CT molecular complexity index is 1190. The van der Waals surface area contributed by atoms with Crippen molar-refractivity contribution in [3.05, 3.63) is 65.7 Å². The van der Waals surface area contributed by atoms with Crippen LogP contribution in [-0.2, 0) is 10.2 Å². The van der Waals surface area contributed by atoms with E-state index in [2.05, 4.69) is 48.9 Å². The summed E-state index contributed by atoms with van der Waals surface area (Å²) in [6.45, 7) is 15.6. The maximum absolute atomic E-state index is 13.2. The number of carbonyl (C=O) groups excluding carboxylic acids is 1. The van der Waals surface area contributed by atoms with Gasteiger partial charge in [-0.15, -0.1) is 10.2 Å². The fraction of sp³-hybridized carbons (Fsp3) is 0.433. The van der Waals surface area contributed by atoms with Crippen LogP contribution in [0.2, 0.25) is 0 Å². The van der Waals surface area contributed by atoms with Crippen molar-refractivity contribution in [3.8, 4) is 22.8 Å². The van der Waals surface area contributed by atoms with Crippen molar-refractivity contribution in [1.82, 2.24) is 15.1 Å². The molecule has 0 bridgehead atoms. The molecule has 37 heavy (non-hydrogen) atoms. The molecule has 0 aliphatic carbocycles. The van der Waals surface area contributed by atoms with Gasteiger partial charge in [0.25, 0.3) is 5.91 Å². The lowest BCUT2D eigenvalue weighted by molar-refractivity contribution is -0.138. The first kappa shape index (κ1) is 26.5. The van der Waals surface area contributed by atoms with Gasteiger partial charge in [0.05, 0.1) is 12.3 Å². The SMILES string of the molecule is CCOc1ccc(-c2ccc(N3CCN(C(=O)C(C)Oc4ccc(C)cc4C(C)(C)C)CC3)nn2)cc1. The minimum absolute atomic E-state index is 0.0111. The van der Waals surface area contributed by atoms with Crippen molar-refractivity contribution in [2.24, 2.45) is 0 Å². The third-order valence-corrected chi connectivity index (χ3v) is 6.62. The Morgan fingerprint density at radius 3 is 2.27 bits per heavy atom. The van der Waals surface area contributed by atoms with E-state index < -0.39 is 6.10 Å². The molecule has 2 aromatic carbocycles. The van der Waals surface area contributed by atoms with Crippen LogP contribution in [0.5, 0.6) is 11.5 Å². The predicted molar refractivity (Wildman–Crippen MR) is 147 cm³/mol. The van der Waals surface area contributed by atoms with Crippen LogP contribution in [0.4, 0.5) is 5.82 Å². The van der Waals surface area contributed by atoms with Crippen molar-refractivity contribution in [1.29, 1.82) is 0 Å². The van der Waals surface area contributed by atoms with Gasteiger partial charge >= 0.3 is 0 Å². The summed E-state index contributed by atoms with van der Waals surface area (Å²) in [7, 11) is 0. The number of amides is 1. The van der Waals surface area contributed by atoms with Crippen LogP contribution in [0.3, 0.4) is 0 Å². The second kappa shape index (κ2) is 11.2. The van der Waals surface area contributed by atoms with Gasteiger partial charge in [0.2, 0.25) is 0 Å². The standard InChI is InChI=1S/C30H38N4O3/c1-7-36-24-11-9-23(10-12-24)26-13-15-28(32-31-26)33-16-18-34(19-17-33)29(35)22(3)37-27-14-8-21(2)20-25(27)30(4,5)6/h8-15,20,22H,7,16-19H2,1-6H3. The number of hydrogen-bond donors (Lipinski definition) is 0. The van der Waals surface area contributed by atoms with Crippen molar-refractivity contribution in [2.75, 3.05) is 37.7 Å². The van der Waals surface area contributed by atoms with E-state index in [1.807, 2.05) is 67.3 Å². The molecule has 1 amide bonds. The smallest absolute Gasteiger partial charge is 0.263 e. The Morgan fingerprint density at radius 2 is 1.68 bits per heavy atom. The normalized spacial score (nSPS) is 14.9. The predicted octanol–water partition coefficient (Wildman–Crippen LogP) is 5.26. The minimum atomic E-state index is -0.552. The second-order valence-corrected chi connectivity index (χ2v) is 10.6. The maximum Gasteiger partial charge on any atom is 0.263 e. The average Bonchev–Trinajstić information content (AvgIpc) is 2.89. The molecule has 1 aliphatic heterocycles. The van der Waals surface area contributed by atoms with E-state index in [1.54, 1.807) is 0 Å². The lowest BCUT2D eigenvalue weighted by Gasteiger charge is -2.36. The summed E-state index contributed by atoms with van der Waals surface area (Å²) in [4.78, 5) is 17.2. The first-order chi connectivity index (χ1) is 17.7. The number of anilines is 1. The molecular weight excluding hydrogens is 464 g/mol. The molecule has 1 aromatic heterocycles. The van der Waals surface area contributed by atoms with Gasteiger partial charge in [-0.3, -0.25) is 4.79 Å². The molecular formula is C30H38N4O3. The molecule has 1 saturated heterocycles. The Morgan fingerprint density at radius 1 is 0.973 bits per heavy atom. The van der Waals surface area contributed by atoms with Crippen molar-refractivity contribution >= 4 is 11.7 Å². The molecule has 7 heteroatoms. The highest BCUT2D eigenvalue weighted by Crippen LogP contribution is 2.33.